The fourth-order valence-corrected chi connectivity index (χ4v) is 1.85. The van der Waals surface area contributed by atoms with Crippen LogP contribution in [-0.4, -0.2) is 57.0 Å². The number of hydrogen-bond donors (Lipinski definition) is 1. The lowest BCUT2D eigenvalue weighted by molar-refractivity contribution is -0.580. The minimum Gasteiger partial charge on any atom is -0.487 e. The summed E-state index contributed by atoms with van der Waals surface area (Å²) in [7, 11) is 0. The van der Waals surface area contributed by atoms with Gasteiger partial charge < -0.3 is 23.7 Å². The summed E-state index contributed by atoms with van der Waals surface area (Å²) in [6.45, 7) is 0.900. The van der Waals surface area contributed by atoms with Crippen molar-refractivity contribution in [2.45, 2.75) is 12.5 Å². The van der Waals surface area contributed by atoms with Crippen molar-refractivity contribution < 1.29 is 28.6 Å². The summed E-state index contributed by atoms with van der Waals surface area (Å²) in [5.41, 5.74) is 5.80. The first-order valence-corrected chi connectivity index (χ1v) is 7.21. The van der Waals surface area contributed by atoms with E-state index in [9.17, 15) is 10.1 Å². The molecule has 0 saturated carbocycles. The zero-order chi connectivity index (χ0) is 16.5. The van der Waals surface area contributed by atoms with Gasteiger partial charge in [0.2, 0.25) is 0 Å². The molecule has 1 aliphatic heterocycles. The van der Waals surface area contributed by atoms with E-state index in [0.717, 1.165) is 0 Å². The van der Waals surface area contributed by atoms with Gasteiger partial charge in [0.25, 0.3) is 0 Å². The highest BCUT2D eigenvalue weighted by atomic mass is 16.7. The first kappa shape index (κ1) is 17.4. The van der Waals surface area contributed by atoms with Crippen LogP contribution in [0, 0.1) is 10.1 Å². The van der Waals surface area contributed by atoms with Crippen LogP contribution in [0.15, 0.2) is 24.3 Å². The quantitative estimate of drug-likeness (QED) is 0.581. The van der Waals surface area contributed by atoms with E-state index in [1.54, 1.807) is 24.3 Å². The Hall–Kier alpha value is -1.94. The van der Waals surface area contributed by atoms with Crippen LogP contribution in [0.5, 0.6) is 11.5 Å². The van der Waals surface area contributed by atoms with E-state index in [1.807, 2.05) is 0 Å². The second-order valence-corrected chi connectivity index (χ2v) is 4.71. The molecule has 128 valence electrons. The normalized spacial score (nSPS) is 24.2. The number of nitro groups is 1. The number of para-hydroxylation sites is 2. The van der Waals surface area contributed by atoms with Crippen LogP contribution in [0.1, 0.15) is 0 Å². The number of hydrogen-bond acceptors (Lipinski definition) is 8. The number of ether oxygens (including phenoxy) is 5. The van der Waals surface area contributed by atoms with Crippen molar-refractivity contribution in [1.82, 2.24) is 0 Å². The molecule has 0 amide bonds. The third-order valence-electron chi connectivity index (χ3n) is 2.93. The van der Waals surface area contributed by atoms with Crippen molar-refractivity contribution in [3.05, 3.63) is 34.4 Å². The maximum absolute atomic E-state index is 10.9. The topological polar surface area (TPSA) is 115 Å². The zero-order valence-electron chi connectivity index (χ0n) is 12.6. The molecule has 0 spiro atoms. The molecule has 9 heteroatoms. The van der Waals surface area contributed by atoms with Crippen molar-refractivity contribution in [3.8, 4) is 11.5 Å². The molecule has 2 atom stereocenters. The van der Waals surface area contributed by atoms with Gasteiger partial charge in [0.1, 0.15) is 19.8 Å². The molecule has 0 saturated heterocycles. The second-order valence-electron chi connectivity index (χ2n) is 4.71. The number of fused-ring (bicyclic) bond motifs is 1. The van der Waals surface area contributed by atoms with Gasteiger partial charge in [0.15, 0.2) is 17.7 Å². The van der Waals surface area contributed by atoms with Gasteiger partial charge in [-0.15, -0.1) is 0 Å². The summed E-state index contributed by atoms with van der Waals surface area (Å²) in [4.78, 5) is 10.4. The van der Waals surface area contributed by atoms with Crippen molar-refractivity contribution in [2.75, 3.05) is 39.6 Å². The van der Waals surface area contributed by atoms with Crippen LogP contribution in [0.25, 0.3) is 0 Å². The number of nitrogens with two attached hydrogens (primary N) is 1. The van der Waals surface area contributed by atoms with Crippen LogP contribution >= 0.6 is 0 Å². The number of rotatable bonds is 1. The lowest BCUT2D eigenvalue weighted by Crippen LogP contribution is -2.38. The van der Waals surface area contributed by atoms with Gasteiger partial charge in [-0.25, -0.2) is 0 Å². The van der Waals surface area contributed by atoms with E-state index >= 15 is 0 Å². The predicted octanol–water partition coefficient (Wildman–Crippen LogP) is 0.395. The van der Waals surface area contributed by atoms with E-state index in [-0.39, 0.29) is 19.8 Å². The fourth-order valence-electron chi connectivity index (χ4n) is 1.85. The van der Waals surface area contributed by atoms with E-state index in [1.165, 1.54) is 0 Å². The molecular weight excluding hydrogens is 308 g/mol. The smallest absolute Gasteiger partial charge is 0.338 e. The van der Waals surface area contributed by atoms with Crippen LogP contribution in [0.3, 0.4) is 0 Å². The zero-order valence-corrected chi connectivity index (χ0v) is 12.6. The van der Waals surface area contributed by atoms with E-state index in [2.05, 4.69) is 0 Å². The second kappa shape index (κ2) is 9.26. The van der Waals surface area contributed by atoms with Crippen molar-refractivity contribution in [3.63, 3.8) is 0 Å². The molecule has 9 nitrogen and oxygen atoms in total. The molecule has 1 aromatic rings. The molecule has 2 unspecified atom stereocenters. The summed E-state index contributed by atoms with van der Waals surface area (Å²) >= 11 is 0. The molecule has 23 heavy (non-hydrogen) atoms. The first-order valence-electron chi connectivity index (χ1n) is 7.21. The number of nitrogens with zero attached hydrogens (tertiary/aromatic N) is 1. The average molecular weight is 328 g/mol. The summed E-state index contributed by atoms with van der Waals surface area (Å²) < 4.78 is 26.7. The van der Waals surface area contributed by atoms with Crippen molar-refractivity contribution >= 4 is 0 Å². The Kier molecular flexibility index (Phi) is 7.01. The van der Waals surface area contributed by atoms with E-state index in [0.29, 0.717) is 31.3 Å². The SMILES string of the molecule is NC1COC([N+](=O)[O-])COCCOCCOc2ccccc2O1. The molecule has 2 rings (SSSR count). The highest BCUT2D eigenvalue weighted by Gasteiger charge is 2.23. The van der Waals surface area contributed by atoms with Crippen LogP contribution in [0.2, 0.25) is 0 Å². The Bertz CT molecular complexity index is 500. The molecule has 0 aromatic heterocycles. The van der Waals surface area contributed by atoms with Crippen LogP contribution in [-0.2, 0) is 14.2 Å². The summed E-state index contributed by atoms with van der Waals surface area (Å²) in [6, 6.07) is 7.01. The molecule has 2 N–H and O–H groups in total. The largest absolute Gasteiger partial charge is 0.487 e. The maximum atomic E-state index is 10.9. The van der Waals surface area contributed by atoms with Crippen molar-refractivity contribution in [1.29, 1.82) is 0 Å². The Morgan fingerprint density at radius 3 is 2.52 bits per heavy atom. The average Bonchev–Trinajstić information content (AvgIpc) is 2.53. The van der Waals surface area contributed by atoms with E-state index in [4.69, 9.17) is 29.4 Å². The van der Waals surface area contributed by atoms with Gasteiger partial charge >= 0.3 is 6.23 Å². The molecule has 0 aliphatic carbocycles. The van der Waals surface area contributed by atoms with Crippen LogP contribution in [0.4, 0.5) is 0 Å². The Morgan fingerprint density at radius 1 is 1.04 bits per heavy atom. The molecule has 1 aromatic carbocycles. The molecule has 0 fully saturated rings. The lowest BCUT2D eigenvalue weighted by Gasteiger charge is -2.18. The van der Waals surface area contributed by atoms with Crippen molar-refractivity contribution in [2.24, 2.45) is 5.73 Å². The highest BCUT2D eigenvalue weighted by molar-refractivity contribution is 5.39. The third kappa shape index (κ3) is 5.99. The summed E-state index contributed by atoms with van der Waals surface area (Å²) in [5, 5.41) is 10.9. The predicted molar refractivity (Wildman–Crippen MR) is 78.9 cm³/mol. The standard InChI is InChI=1S/C14H20N2O7/c15-13-9-22-14(16(17)18)10-20-6-5-19-7-8-21-11-3-1-2-4-12(11)23-13/h1-4,13-14H,5-10,15H2. The molecular formula is C14H20N2O7. The Morgan fingerprint density at radius 2 is 1.74 bits per heavy atom. The number of benzene rings is 1. The monoisotopic (exact) mass is 328 g/mol. The minimum absolute atomic E-state index is 0.153. The molecule has 1 heterocycles. The third-order valence-corrected chi connectivity index (χ3v) is 2.93. The maximum Gasteiger partial charge on any atom is 0.338 e. The van der Waals surface area contributed by atoms with Gasteiger partial charge in [-0.2, -0.15) is 0 Å². The highest BCUT2D eigenvalue weighted by Crippen LogP contribution is 2.26. The van der Waals surface area contributed by atoms with Gasteiger partial charge in [0, 0.05) is 0 Å². The molecule has 0 bridgehead atoms. The van der Waals surface area contributed by atoms with Gasteiger partial charge in [-0.3, -0.25) is 15.8 Å². The lowest BCUT2D eigenvalue weighted by atomic mass is 10.3. The van der Waals surface area contributed by atoms with Gasteiger partial charge in [0.05, 0.1) is 24.7 Å². The van der Waals surface area contributed by atoms with Gasteiger partial charge in [-0.1, -0.05) is 12.1 Å². The molecule has 1 aliphatic rings. The minimum atomic E-state index is -1.30. The summed E-state index contributed by atoms with van der Waals surface area (Å²) in [5.74, 6) is 0.955. The first-order chi connectivity index (χ1) is 11.2. The molecule has 0 radical (unpaired) electrons. The van der Waals surface area contributed by atoms with Crippen LogP contribution < -0.4 is 15.2 Å². The fraction of sp³-hybridized carbons (Fsp3) is 0.571. The van der Waals surface area contributed by atoms with Gasteiger partial charge in [-0.05, 0) is 12.1 Å². The summed E-state index contributed by atoms with van der Waals surface area (Å²) in [6.07, 6.45) is -2.18. The van der Waals surface area contributed by atoms with E-state index < -0.39 is 17.4 Å². The Labute approximate surface area is 133 Å². The Balaban J connectivity index is 2.03.